The fourth-order valence-corrected chi connectivity index (χ4v) is 3.05. The molecule has 2 unspecified atom stereocenters. The highest BCUT2D eigenvalue weighted by atomic mass is 19.4. The Morgan fingerprint density at radius 1 is 1.27 bits per heavy atom. The van der Waals surface area contributed by atoms with Crippen molar-refractivity contribution in [2.45, 2.75) is 45.1 Å². The average Bonchev–Trinajstić information content (AvgIpc) is 2.58. The molecule has 26 heavy (non-hydrogen) atoms. The van der Waals surface area contributed by atoms with Crippen molar-refractivity contribution in [1.29, 1.82) is 0 Å². The molecular weight excluding hydrogens is 351 g/mol. The van der Waals surface area contributed by atoms with Gasteiger partial charge in [-0.05, 0) is 37.5 Å². The highest BCUT2D eigenvalue weighted by Gasteiger charge is 2.35. The lowest BCUT2D eigenvalue weighted by Crippen LogP contribution is -2.53. The van der Waals surface area contributed by atoms with Gasteiger partial charge in [-0.25, -0.2) is 4.79 Å². The number of halogens is 3. The standard InChI is InChI=1S/C18H22F3NO4/c1-3-13(8-12-4-6-14(7-5-12)18(19,20)21)16(23)22-9-11(2)26-15(10-22)17(24)25/h4-7,11,13,15H,3,8-10H2,1-2H3,(H,24,25)/t11-,13?,15?/m1/s1. The number of morpholine rings is 1. The number of carbonyl (C=O) groups is 2. The number of rotatable bonds is 5. The molecule has 1 fully saturated rings. The largest absolute Gasteiger partial charge is 0.479 e. The molecular formula is C18H22F3NO4. The molecule has 0 bridgehead atoms. The number of carboxylic acids is 1. The fourth-order valence-electron chi connectivity index (χ4n) is 3.05. The first-order valence-electron chi connectivity index (χ1n) is 8.45. The molecule has 1 aliphatic heterocycles. The van der Waals surface area contributed by atoms with Crippen LogP contribution in [-0.4, -0.2) is 47.2 Å². The van der Waals surface area contributed by atoms with E-state index in [4.69, 9.17) is 9.84 Å². The first-order valence-corrected chi connectivity index (χ1v) is 8.45. The van der Waals surface area contributed by atoms with Crippen LogP contribution in [0.25, 0.3) is 0 Å². The summed E-state index contributed by atoms with van der Waals surface area (Å²) in [4.78, 5) is 25.4. The van der Waals surface area contributed by atoms with E-state index < -0.39 is 35.8 Å². The van der Waals surface area contributed by atoms with E-state index in [0.717, 1.165) is 12.1 Å². The maximum absolute atomic E-state index is 12.8. The summed E-state index contributed by atoms with van der Waals surface area (Å²) in [6, 6.07) is 4.76. The zero-order valence-corrected chi connectivity index (χ0v) is 14.6. The van der Waals surface area contributed by atoms with Gasteiger partial charge in [0.05, 0.1) is 18.2 Å². The molecule has 0 aliphatic carbocycles. The first-order chi connectivity index (χ1) is 12.1. The minimum absolute atomic E-state index is 0.0258. The number of alkyl halides is 3. The van der Waals surface area contributed by atoms with Crippen molar-refractivity contribution in [3.8, 4) is 0 Å². The lowest BCUT2D eigenvalue weighted by atomic mass is 9.94. The van der Waals surface area contributed by atoms with Gasteiger partial charge in [0, 0.05) is 12.5 Å². The Morgan fingerprint density at radius 2 is 1.88 bits per heavy atom. The minimum Gasteiger partial charge on any atom is -0.479 e. The van der Waals surface area contributed by atoms with Crippen LogP contribution in [0.15, 0.2) is 24.3 Å². The summed E-state index contributed by atoms with van der Waals surface area (Å²) in [5.41, 5.74) is -0.0961. The highest BCUT2D eigenvalue weighted by molar-refractivity contribution is 5.81. The smallest absolute Gasteiger partial charge is 0.416 e. The number of benzene rings is 1. The van der Waals surface area contributed by atoms with Crippen molar-refractivity contribution in [2.75, 3.05) is 13.1 Å². The van der Waals surface area contributed by atoms with Crippen LogP contribution >= 0.6 is 0 Å². The third-order valence-electron chi connectivity index (χ3n) is 4.45. The molecule has 8 heteroatoms. The maximum Gasteiger partial charge on any atom is 0.416 e. The number of hydrogen-bond donors (Lipinski definition) is 1. The van der Waals surface area contributed by atoms with Crippen LogP contribution < -0.4 is 0 Å². The first kappa shape index (κ1) is 20.2. The van der Waals surface area contributed by atoms with E-state index in [1.54, 1.807) is 6.92 Å². The van der Waals surface area contributed by atoms with Gasteiger partial charge in [-0.15, -0.1) is 0 Å². The molecule has 0 saturated carbocycles. The maximum atomic E-state index is 12.8. The average molecular weight is 373 g/mol. The van der Waals surface area contributed by atoms with Crippen LogP contribution in [0.1, 0.15) is 31.4 Å². The molecule has 2 rings (SSSR count). The van der Waals surface area contributed by atoms with Gasteiger partial charge in [-0.2, -0.15) is 13.2 Å². The van der Waals surface area contributed by atoms with Gasteiger partial charge < -0.3 is 14.7 Å². The summed E-state index contributed by atoms with van der Waals surface area (Å²) in [6.07, 6.45) is -5.04. The second kappa shape index (κ2) is 8.07. The number of carbonyl (C=O) groups excluding carboxylic acids is 1. The number of hydrogen-bond acceptors (Lipinski definition) is 3. The van der Waals surface area contributed by atoms with Crippen molar-refractivity contribution in [1.82, 2.24) is 4.90 Å². The Hall–Kier alpha value is -2.09. The summed E-state index contributed by atoms with van der Waals surface area (Å²) in [6.45, 7) is 3.80. The molecule has 0 spiro atoms. The van der Waals surface area contributed by atoms with Crippen molar-refractivity contribution in [3.63, 3.8) is 0 Å². The zero-order chi connectivity index (χ0) is 19.5. The van der Waals surface area contributed by atoms with Gasteiger partial charge in [-0.3, -0.25) is 4.79 Å². The predicted molar refractivity (Wildman–Crippen MR) is 87.5 cm³/mol. The van der Waals surface area contributed by atoms with Crippen LogP contribution in [0.4, 0.5) is 13.2 Å². The molecule has 1 saturated heterocycles. The minimum atomic E-state index is -4.39. The normalized spacial score (nSPS) is 22.1. The number of amides is 1. The Bertz CT molecular complexity index is 645. The number of nitrogens with zero attached hydrogens (tertiary/aromatic N) is 1. The number of ether oxygens (including phenoxy) is 1. The Labute approximate surface area is 149 Å². The van der Waals surface area contributed by atoms with E-state index in [9.17, 15) is 22.8 Å². The summed E-state index contributed by atoms with van der Waals surface area (Å²) < 4.78 is 43.2. The molecule has 1 aromatic rings. The van der Waals surface area contributed by atoms with E-state index in [0.29, 0.717) is 24.9 Å². The van der Waals surface area contributed by atoms with Crippen LogP contribution in [0.5, 0.6) is 0 Å². The van der Waals surface area contributed by atoms with Crippen molar-refractivity contribution in [3.05, 3.63) is 35.4 Å². The third-order valence-corrected chi connectivity index (χ3v) is 4.45. The Morgan fingerprint density at radius 3 is 2.38 bits per heavy atom. The molecule has 144 valence electrons. The Kier molecular flexibility index (Phi) is 6.28. The lowest BCUT2D eigenvalue weighted by Gasteiger charge is -2.36. The van der Waals surface area contributed by atoms with E-state index >= 15 is 0 Å². The summed E-state index contributed by atoms with van der Waals surface area (Å²) in [5.74, 6) is -1.74. The molecule has 1 aliphatic rings. The second-order valence-corrected chi connectivity index (χ2v) is 6.52. The van der Waals surface area contributed by atoms with Crippen molar-refractivity contribution < 1.29 is 32.6 Å². The SMILES string of the molecule is CCC(Cc1ccc(C(F)(F)F)cc1)C(=O)N1CC(C(=O)O)O[C@H](C)C1. The van der Waals surface area contributed by atoms with Gasteiger partial charge in [-0.1, -0.05) is 19.1 Å². The van der Waals surface area contributed by atoms with Gasteiger partial charge in [0.15, 0.2) is 6.10 Å². The molecule has 1 aromatic carbocycles. The second-order valence-electron chi connectivity index (χ2n) is 6.52. The predicted octanol–water partition coefficient (Wildman–Crippen LogP) is 2.97. The lowest BCUT2D eigenvalue weighted by molar-refractivity contribution is -0.167. The Balaban J connectivity index is 2.07. The van der Waals surface area contributed by atoms with Gasteiger partial charge in [0.25, 0.3) is 0 Å². The van der Waals surface area contributed by atoms with E-state index in [1.807, 2.05) is 6.92 Å². The molecule has 3 atom stereocenters. The van der Waals surface area contributed by atoms with Gasteiger partial charge in [0.1, 0.15) is 0 Å². The third kappa shape index (κ3) is 4.97. The summed E-state index contributed by atoms with van der Waals surface area (Å²) in [5, 5.41) is 9.12. The van der Waals surface area contributed by atoms with Crippen LogP contribution in [0.2, 0.25) is 0 Å². The van der Waals surface area contributed by atoms with E-state index in [2.05, 4.69) is 0 Å². The van der Waals surface area contributed by atoms with E-state index in [-0.39, 0.29) is 12.5 Å². The molecule has 5 nitrogen and oxygen atoms in total. The summed E-state index contributed by atoms with van der Waals surface area (Å²) in [7, 11) is 0. The topological polar surface area (TPSA) is 66.8 Å². The molecule has 0 radical (unpaired) electrons. The zero-order valence-electron chi connectivity index (χ0n) is 14.6. The van der Waals surface area contributed by atoms with Gasteiger partial charge in [0.2, 0.25) is 5.91 Å². The monoisotopic (exact) mass is 373 g/mol. The quantitative estimate of drug-likeness (QED) is 0.862. The number of carboxylic acid groups (broad SMARTS) is 1. The molecule has 1 N–H and O–H groups in total. The van der Waals surface area contributed by atoms with Crippen molar-refractivity contribution >= 4 is 11.9 Å². The van der Waals surface area contributed by atoms with Gasteiger partial charge >= 0.3 is 12.1 Å². The molecule has 1 amide bonds. The van der Waals surface area contributed by atoms with Crippen LogP contribution in [0.3, 0.4) is 0 Å². The summed E-state index contributed by atoms with van der Waals surface area (Å²) >= 11 is 0. The van der Waals surface area contributed by atoms with Crippen molar-refractivity contribution in [2.24, 2.45) is 5.92 Å². The van der Waals surface area contributed by atoms with E-state index in [1.165, 1.54) is 17.0 Å². The molecule has 1 heterocycles. The van der Waals surface area contributed by atoms with Crippen LogP contribution in [0, 0.1) is 5.92 Å². The fraction of sp³-hybridized carbons (Fsp3) is 0.556. The number of aliphatic carboxylic acids is 1. The van der Waals surface area contributed by atoms with Crippen LogP contribution in [-0.2, 0) is 26.9 Å². The highest BCUT2D eigenvalue weighted by Crippen LogP contribution is 2.29. The molecule has 0 aromatic heterocycles.